The summed E-state index contributed by atoms with van der Waals surface area (Å²) in [4.78, 5) is 19.0. The van der Waals surface area contributed by atoms with Crippen molar-refractivity contribution in [3.63, 3.8) is 0 Å². The van der Waals surface area contributed by atoms with E-state index >= 15 is 0 Å². The fraction of sp³-hybridized carbons (Fsp3) is 0.375. The van der Waals surface area contributed by atoms with Gasteiger partial charge in [-0.3, -0.25) is 4.79 Å². The van der Waals surface area contributed by atoms with Gasteiger partial charge in [0, 0.05) is 13.1 Å². The molecular formula is C16H18N2O2S. The van der Waals surface area contributed by atoms with E-state index in [1.54, 1.807) is 24.3 Å². The molecular weight excluding hydrogens is 284 g/mol. The number of phenolic OH excluding ortho intramolecular Hbond substituents is 1. The molecule has 3 rings (SSSR count). The van der Waals surface area contributed by atoms with Crippen LogP contribution in [0.4, 0.5) is 0 Å². The molecule has 0 spiro atoms. The summed E-state index contributed by atoms with van der Waals surface area (Å²) in [6.45, 7) is 4.18. The SMILES string of the molecule is CC1CCCN(C2=NC(=O)/C(=C/c3cccc(O)c3)S2)C1. The van der Waals surface area contributed by atoms with Crippen molar-refractivity contribution in [3.05, 3.63) is 34.7 Å². The lowest BCUT2D eigenvalue weighted by molar-refractivity contribution is -0.113. The van der Waals surface area contributed by atoms with E-state index in [1.807, 2.05) is 6.07 Å². The number of amidine groups is 1. The molecule has 0 aromatic heterocycles. The van der Waals surface area contributed by atoms with Gasteiger partial charge in [0.2, 0.25) is 0 Å². The first-order chi connectivity index (χ1) is 10.1. The quantitative estimate of drug-likeness (QED) is 0.810. The first kappa shape index (κ1) is 14.2. The Morgan fingerprint density at radius 3 is 3.10 bits per heavy atom. The number of hydrogen-bond acceptors (Lipinski definition) is 4. The maximum atomic E-state index is 12.0. The molecule has 1 N–H and O–H groups in total. The normalized spacial score (nSPS) is 24.5. The molecule has 4 nitrogen and oxygen atoms in total. The number of benzene rings is 1. The number of nitrogens with zero attached hydrogens (tertiary/aromatic N) is 2. The van der Waals surface area contributed by atoms with Crippen molar-refractivity contribution >= 4 is 28.9 Å². The first-order valence-corrected chi connectivity index (χ1v) is 8.00. The zero-order valence-electron chi connectivity index (χ0n) is 12.0. The van der Waals surface area contributed by atoms with Crippen molar-refractivity contribution in [1.82, 2.24) is 4.90 Å². The molecule has 110 valence electrons. The van der Waals surface area contributed by atoms with Crippen LogP contribution in [0.15, 0.2) is 34.2 Å². The van der Waals surface area contributed by atoms with E-state index in [-0.39, 0.29) is 11.7 Å². The van der Waals surface area contributed by atoms with E-state index in [2.05, 4.69) is 16.8 Å². The number of thioether (sulfide) groups is 1. The van der Waals surface area contributed by atoms with Crippen molar-refractivity contribution in [2.24, 2.45) is 10.9 Å². The summed E-state index contributed by atoms with van der Waals surface area (Å²) in [7, 11) is 0. The van der Waals surface area contributed by atoms with Gasteiger partial charge in [-0.2, -0.15) is 4.99 Å². The third-order valence-electron chi connectivity index (χ3n) is 3.70. The zero-order valence-corrected chi connectivity index (χ0v) is 12.8. The van der Waals surface area contributed by atoms with Crippen LogP contribution in [0.2, 0.25) is 0 Å². The van der Waals surface area contributed by atoms with Crippen LogP contribution in [0.25, 0.3) is 6.08 Å². The number of phenols is 1. The second-order valence-electron chi connectivity index (χ2n) is 5.60. The van der Waals surface area contributed by atoms with E-state index in [0.29, 0.717) is 10.8 Å². The van der Waals surface area contributed by atoms with Crippen LogP contribution in [0.5, 0.6) is 5.75 Å². The summed E-state index contributed by atoms with van der Waals surface area (Å²) >= 11 is 1.43. The molecule has 1 aromatic carbocycles. The monoisotopic (exact) mass is 302 g/mol. The number of piperidine rings is 1. The summed E-state index contributed by atoms with van der Waals surface area (Å²) in [6, 6.07) is 6.88. The van der Waals surface area contributed by atoms with E-state index in [9.17, 15) is 9.90 Å². The number of likely N-dealkylation sites (tertiary alicyclic amines) is 1. The van der Waals surface area contributed by atoms with Crippen molar-refractivity contribution in [2.45, 2.75) is 19.8 Å². The average molecular weight is 302 g/mol. The van der Waals surface area contributed by atoms with Crippen LogP contribution in [-0.2, 0) is 4.79 Å². The number of aromatic hydroxyl groups is 1. The second kappa shape index (κ2) is 5.93. The third-order valence-corrected chi connectivity index (χ3v) is 4.75. The van der Waals surface area contributed by atoms with Crippen LogP contribution in [0.1, 0.15) is 25.3 Å². The van der Waals surface area contributed by atoms with Gasteiger partial charge in [0.25, 0.3) is 5.91 Å². The minimum atomic E-state index is -0.184. The Kier molecular flexibility index (Phi) is 4.01. The largest absolute Gasteiger partial charge is 0.508 e. The van der Waals surface area contributed by atoms with Gasteiger partial charge < -0.3 is 10.0 Å². The Bertz CT molecular complexity index is 624. The summed E-state index contributed by atoms with van der Waals surface area (Å²) < 4.78 is 0. The van der Waals surface area contributed by atoms with Crippen LogP contribution >= 0.6 is 11.8 Å². The fourth-order valence-corrected chi connectivity index (χ4v) is 3.61. The predicted molar refractivity (Wildman–Crippen MR) is 86.1 cm³/mol. The molecule has 5 heteroatoms. The molecule has 0 aliphatic carbocycles. The maximum Gasteiger partial charge on any atom is 0.286 e. The molecule has 0 radical (unpaired) electrons. The molecule has 1 saturated heterocycles. The van der Waals surface area contributed by atoms with Crippen LogP contribution in [-0.4, -0.2) is 34.2 Å². The lowest BCUT2D eigenvalue weighted by atomic mass is 10.0. The van der Waals surface area contributed by atoms with E-state index in [4.69, 9.17) is 0 Å². The molecule has 1 amide bonds. The van der Waals surface area contributed by atoms with Crippen molar-refractivity contribution < 1.29 is 9.90 Å². The van der Waals surface area contributed by atoms with Gasteiger partial charge in [-0.15, -0.1) is 0 Å². The molecule has 1 unspecified atom stereocenters. The van der Waals surface area contributed by atoms with E-state index < -0.39 is 0 Å². The Morgan fingerprint density at radius 1 is 1.48 bits per heavy atom. The van der Waals surface area contributed by atoms with Crippen molar-refractivity contribution in [2.75, 3.05) is 13.1 Å². The van der Waals surface area contributed by atoms with Gasteiger partial charge >= 0.3 is 0 Å². The summed E-state index contributed by atoms with van der Waals surface area (Å²) in [5.41, 5.74) is 0.814. The number of carbonyl (C=O) groups excluding carboxylic acids is 1. The Labute approximate surface area is 128 Å². The molecule has 0 saturated carbocycles. The average Bonchev–Trinajstić information content (AvgIpc) is 2.80. The van der Waals surface area contributed by atoms with Crippen molar-refractivity contribution in [1.29, 1.82) is 0 Å². The maximum absolute atomic E-state index is 12.0. The highest BCUT2D eigenvalue weighted by Gasteiger charge is 2.28. The van der Waals surface area contributed by atoms with Gasteiger partial charge in [-0.05, 0) is 54.3 Å². The zero-order chi connectivity index (χ0) is 14.8. The number of amides is 1. The first-order valence-electron chi connectivity index (χ1n) is 7.18. The molecule has 2 aliphatic rings. The molecule has 21 heavy (non-hydrogen) atoms. The van der Waals surface area contributed by atoms with Gasteiger partial charge in [0.15, 0.2) is 5.17 Å². The molecule has 0 bridgehead atoms. The van der Waals surface area contributed by atoms with Gasteiger partial charge in [0.05, 0.1) is 4.91 Å². The highest BCUT2D eigenvalue weighted by atomic mass is 32.2. The fourth-order valence-electron chi connectivity index (χ4n) is 2.66. The van der Waals surface area contributed by atoms with Gasteiger partial charge in [0.1, 0.15) is 5.75 Å². The topological polar surface area (TPSA) is 52.9 Å². The van der Waals surface area contributed by atoms with Crippen LogP contribution in [0.3, 0.4) is 0 Å². The Hall–Kier alpha value is -1.75. The van der Waals surface area contributed by atoms with E-state index in [1.165, 1.54) is 18.2 Å². The van der Waals surface area contributed by atoms with Crippen LogP contribution < -0.4 is 0 Å². The summed E-state index contributed by atoms with van der Waals surface area (Å²) in [5, 5.41) is 10.3. The van der Waals surface area contributed by atoms with Gasteiger partial charge in [-0.25, -0.2) is 0 Å². The minimum absolute atomic E-state index is 0.184. The number of hydrogen-bond donors (Lipinski definition) is 1. The third kappa shape index (κ3) is 3.29. The highest BCUT2D eigenvalue weighted by molar-refractivity contribution is 8.18. The Morgan fingerprint density at radius 2 is 2.33 bits per heavy atom. The smallest absolute Gasteiger partial charge is 0.286 e. The number of aliphatic imine (C=N–C) groups is 1. The molecule has 1 aromatic rings. The van der Waals surface area contributed by atoms with E-state index in [0.717, 1.165) is 30.2 Å². The van der Waals surface area contributed by atoms with Crippen LogP contribution in [0, 0.1) is 5.92 Å². The summed E-state index contributed by atoms with van der Waals surface area (Å²) in [6.07, 6.45) is 4.19. The number of rotatable bonds is 1. The number of carbonyl (C=O) groups is 1. The predicted octanol–water partition coefficient (Wildman–Crippen LogP) is 3.09. The molecule has 1 atom stereocenters. The standard InChI is InChI=1S/C16H18N2O2S/c1-11-4-3-7-18(10-11)16-17-15(20)14(21-16)9-12-5-2-6-13(19)8-12/h2,5-6,8-9,11,19H,3-4,7,10H2,1H3/b14-9-. The second-order valence-corrected chi connectivity index (χ2v) is 6.61. The molecule has 2 heterocycles. The lowest BCUT2D eigenvalue weighted by Crippen LogP contribution is -2.37. The minimum Gasteiger partial charge on any atom is -0.508 e. The van der Waals surface area contributed by atoms with Gasteiger partial charge in [-0.1, -0.05) is 19.1 Å². The van der Waals surface area contributed by atoms with Crippen molar-refractivity contribution in [3.8, 4) is 5.75 Å². The lowest BCUT2D eigenvalue weighted by Gasteiger charge is -2.31. The molecule has 2 aliphatic heterocycles. The summed E-state index contributed by atoms with van der Waals surface area (Å²) in [5.74, 6) is 0.665. The Balaban J connectivity index is 1.75. The highest BCUT2D eigenvalue weighted by Crippen LogP contribution is 2.32. The molecule has 1 fully saturated rings.